The maximum absolute atomic E-state index is 12.1. The molecule has 0 saturated carbocycles. The van der Waals surface area contributed by atoms with Gasteiger partial charge in [-0.1, -0.05) is 55.1 Å². The number of allylic oxidation sites excluding steroid dienone is 1. The SMILES string of the molecule is C=CCn1c(SCC(=O)NC(C)(C)CC)nnc1-c1ccccc1. The van der Waals surface area contributed by atoms with Crippen LogP contribution in [0.15, 0.2) is 48.1 Å². The van der Waals surface area contributed by atoms with Gasteiger partial charge in [0, 0.05) is 17.6 Å². The Kier molecular flexibility index (Phi) is 6.20. The molecule has 1 amide bonds. The minimum Gasteiger partial charge on any atom is -0.351 e. The number of hydrogen-bond donors (Lipinski definition) is 1. The van der Waals surface area contributed by atoms with E-state index in [0.717, 1.165) is 23.0 Å². The zero-order valence-corrected chi connectivity index (χ0v) is 15.3. The maximum Gasteiger partial charge on any atom is 0.230 e. The molecule has 0 bridgehead atoms. The highest BCUT2D eigenvalue weighted by molar-refractivity contribution is 7.99. The number of carbonyl (C=O) groups excluding carboxylic acids is 1. The lowest BCUT2D eigenvalue weighted by Crippen LogP contribution is -2.43. The van der Waals surface area contributed by atoms with Gasteiger partial charge >= 0.3 is 0 Å². The summed E-state index contributed by atoms with van der Waals surface area (Å²) in [7, 11) is 0. The van der Waals surface area contributed by atoms with E-state index in [1.807, 2.05) is 48.7 Å². The first kappa shape index (κ1) is 18.3. The molecular formula is C18H24N4OS. The van der Waals surface area contributed by atoms with Crippen LogP contribution in [0.1, 0.15) is 27.2 Å². The number of nitrogens with one attached hydrogen (secondary N) is 1. The molecule has 6 heteroatoms. The molecule has 0 aliphatic carbocycles. The predicted molar refractivity (Wildman–Crippen MR) is 98.9 cm³/mol. The van der Waals surface area contributed by atoms with E-state index in [-0.39, 0.29) is 11.4 Å². The average molecular weight is 344 g/mol. The summed E-state index contributed by atoms with van der Waals surface area (Å²) in [4.78, 5) is 12.1. The Morgan fingerprint density at radius 3 is 2.67 bits per heavy atom. The topological polar surface area (TPSA) is 59.8 Å². The van der Waals surface area contributed by atoms with E-state index in [2.05, 4.69) is 29.0 Å². The number of carbonyl (C=O) groups is 1. The molecule has 0 aliphatic heterocycles. The van der Waals surface area contributed by atoms with E-state index in [4.69, 9.17) is 0 Å². The average Bonchev–Trinajstić information content (AvgIpc) is 2.96. The molecule has 0 atom stereocenters. The summed E-state index contributed by atoms with van der Waals surface area (Å²) in [5.41, 5.74) is 0.803. The second-order valence-corrected chi connectivity index (χ2v) is 7.09. The molecule has 2 rings (SSSR count). The number of thioether (sulfide) groups is 1. The van der Waals surface area contributed by atoms with Gasteiger partial charge in [0.15, 0.2) is 11.0 Å². The van der Waals surface area contributed by atoms with Crippen LogP contribution in [0.25, 0.3) is 11.4 Å². The van der Waals surface area contributed by atoms with E-state index in [9.17, 15) is 4.79 Å². The van der Waals surface area contributed by atoms with Crippen molar-refractivity contribution in [2.75, 3.05) is 5.75 Å². The van der Waals surface area contributed by atoms with Gasteiger partial charge in [-0.2, -0.15) is 0 Å². The molecule has 0 spiro atoms. The lowest BCUT2D eigenvalue weighted by molar-refractivity contribution is -0.120. The summed E-state index contributed by atoms with van der Waals surface area (Å²) in [6, 6.07) is 9.89. The fraction of sp³-hybridized carbons (Fsp3) is 0.389. The van der Waals surface area contributed by atoms with Crippen molar-refractivity contribution in [1.82, 2.24) is 20.1 Å². The highest BCUT2D eigenvalue weighted by atomic mass is 32.2. The number of benzene rings is 1. The predicted octanol–water partition coefficient (Wildman–Crippen LogP) is 3.53. The van der Waals surface area contributed by atoms with Gasteiger partial charge in [-0.25, -0.2) is 0 Å². The molecule has 1 aromatic carbocycles. The van der Waals surface area contributed by atoms with Gasteiger partial charge in [-0.3, -0.25) is 9.36 Å². The van der Waals surface area contributed by atoms with E-state index in [1.54, 1.807) is 6.08 Å². The van der Waals surface area contributed by atoms with Crippen LogP contribution in [0.5, 0.6) is 0 Å². The Bertz CT molecular complexity index is 694. The summed E-state index contributed by atoms with van der Waals surface area (Å²) >= 11 is 1.39. The van der Waals surface area contributed by atoms with Crippen LogP contribution >= 0.6 is 11.8 Å². The first-order valence-electron chi connectivity index (χ1n) is 8.00. The van der Waals surface area contributed by atoms with Crippen LogP contribution in [0, 0.1) is 0 Å². The molecule has 0 fully saturated rings. The van der Waals surface area contributed by atoms with E-state index in [1.165, 1.54) is 11.8 Å². The third-order valence-corrected chi connectivity index (χ3v) is 4.72. The number of hydrogen-bond acceptors (Lipinski definition) is 4. The molecule has 1 heterocycles. The largest absolute Gasteiger partial charge is 0.351 e. The standard InChI is InChI=1S/C18H24N4OS/c1-5-12-22-16(14-10-8-7-9-11-14)20-21-17(22)24-13-15(23)19-18(3,4)6-2/h5,7-11H,1,6,12-13H2,2-4H3,(H,19,23). The van der Waals surface area contributed by atoms with Gasteiger partial charge in [-0.15, -0.1) is 16.8 Å². The van der Waals surface area contributed by atoms with Crippen molar-refractivity contribution in [3.63, 3.8) is 0 Å². The fourth-order valence-electron chi connectivity index (χ4n) is 2.12. The molecule has 5 nitrogen and oxygen atoms in total. The van der Waals surface area contributed by atoms with Crippen molar-refractivity contribution in [2.24, 2.45) is 0 Å². The summed E-state index contributed by atoms with van der Waals surface area (Å²) in [5, 5.41) is 12.3. The molecule has 0 radical (unpaired) electrons. The molecule has 128 valence electrons. The van der Waals surface area contributed by atoms with Crippen molar-refractivity contribution in [3.05, 3.63) is 43.0 Å². The van der Waals surface area contributed by atoms with E-state index >= 15 is 0 Å². The normalized spacial score (nSPS) is 11.3. The van der Waals surface area contributed by atoms with E-state index < -0.39 is 0 Å². The number of amides is 1. The molecule has 2 aromatic rings. The Balaban J connectivity index is 2.12. The Labute approximate surface area is 147 Å². The first-order chi connectivity index (χ1) is 11.5. The summed E-state index contributed by atoms with van der Waals surface area (Å²) in [5.74, 6) is 1.10. The van der Waals surface area contributed by atoms with Gasteiger partial charge in [0.1, 0.15) is 0 Å². The quantitative estimate of drug-likeness (QED) is 0.588. The first-order valence-corrected chi connectivity index (χ1v) is 8.98. The third-order valence-electron chi connectivity index (χ3n) is 3.75. The summed E-state index contributed by atoms with van der Waals surface area (Å²) in [6.07, 6.45) is 2.69. The maximum atomic E-state index is 12.1. The minimum atomic E-state index is -0.193. The lowest BCUT2D eigenvalue weighted by Gasteiger charge is -2.24. The number of nitrogens with zero attached hydrogens (tertiary/aromatic N) is 3. The number of rotatable bonds is 8. The van der Waals surface area contributed by atoms with Crippen molar-refractivity contribution in [3.8, 4) is 11.4 Å². The molecule has 1 N–H and O–H groups in total. The van der Waals surface area contributed by atoms with Crippen LogP contribution in [-0.2, 0) is 11.3 Å². The molecule has 24 heavy (non-hydrogen) atoms. The minimum absolute atomic E-state index is 0.00117. The van der Waals surface area contributed by atoms with Crippen LogP contribution in [-0.4, -0.2) is 32.0 Å². The van der Waals surface area contributed by atoms with Gasteiger partial charge < -0.3 is 5.32 Å². The molecule has 1 aromatic heterocycles. The van der Waals surface area contributed by atoms with Crippen molar-refractivity contribution < 1.29 is 4.79 Å². The van der Waals surface area contributed by atoms with Crippen LogP contribution in [0.3, 0.4) is 0 Å². The number of aromatic nitrogens is 3. The molecule has 0 unspecified atom stereocenters. The monoisotopic (exact) mass is 344 g/mol. The zero-order valence-electron chi connectivity index (χ0n) is 14.5. The van der Waals surface area contributed by atoms with Crippen LogP contribution in [0.2, 0.25) is 0 Å². The molecule has 0 aliphatic rings. The summed E-state index contributed by atoms with van der Waals surface area (Å²) in [6.45, 7) is 10.5. The summed E-state index contributed by atoms with van der Waals surface area (Å²) < 4.78 is 1.98. The lowest BCUT2D eigenvalue weighted by atomic mass is 10.0. The highest BCUT2D eigenvalue weighted by Crippen LogP contribution is 2.24. The van der Waals surface area contributed by atoms with Gasteiger partial charge in [-0.05, 0) is 20.3 Å². The van der Waals surface area contributed by atoms with Crippen LogP contribution < -0.4 is 5.32 Å². The van der Waals surface area contributed by atoms with Gasteiger partial charge in [0.05, 0.1) is 5.75 Å². The fourth-order valence-corrected chi connectivity index (χ4v) is 2.87. The van der Waals surface area contributed by atoms with Crippen molar-refractivity contribution >= 4 is 17.7 Å². The van der Waals surface area contributed by atoms with Gasteiger partial charge in [0.2, 0.25) is 5.91 Å². The highest BCUT2D eigenvalue weighted by Gasteiger charge is 2.19. The Hall–Kier alpha value is -2.08. The van der Waals surface area contributed by atoms with Gasteiger partial charge in [0.25, 0.3) is 0 Å². The Morgan fingerprint density at radius 1 is 1.33 bits per heavy atom. The molecule has 0 saturated heterocycles. The van der Waals surface area contributed by atoms with Crippen LogP contribution in [0.4, 0.5) is 0 Å². The van der Waals surface area contributed by atoms with E-state index in [0.29, 0.717) is 12.3 Å². The smallest absolute Gasteiger partial charge is 0.230 e. The second-order valence-electron chi connectivity index (χ2n) is 6.15. The second kappa shape index (κ2) is 8.15. The third kappa shape index (κ3) is 4.71. The van der Waals surface area contributed by atoms with Crippen molar-refractivity contribution in [2.45, 2.75) is 44.4 Å². The molecular weight excluding hydrogens is 320 g/mol. The zero-order chi connectivity index (χ0) is 17.6. The Morgan fingerprint density at radius 2 is 2.04 bits per heavy atom. The van der Waals surface area contributed by atoms with Crippen molar-refractivity contribution in [1.29, 1.82) is 0 Å².